The van der Waals surface area contributed by atoms with E-state index in [0.717, 1.165) is 17.3 Å². The predicted octanol–water partition coefficient (Wildman–Crippen LogP) is 3.40. The molecule has 78 valence electrons. The van der Waals surface area contributed by atoms with Crippen molar-refractivity contribution < 1.29 is 0 Å². The highest BCUT2D eigenvalue weighted by Gasteiger charge is 2.15. The molecule has 4 heteroatoms. The zero-order chi connectivity index (χ0) is 9.80. The summed E-state index contributed by atoms with van der Waals surface area (Å²) in [5.41, 5.74) is 0. The number of rotatable bonds is 3. The van der Waals surface area contributed by atoms with Gasteiger partial charge in [0.05, 0.1) is 5.88 Å². The first-order valence-corrected chi connectivity index (χ1v) is 6.61. The Balaban J connectivity index is 1.89. The van der Waals surface area contributed by atoms with Crippen molar-refractivity contribution in [3.63, 3.8) is 0 Å². The lowest BCUT2D eigenvalue weighted by Gasteiger charge is -2.19. The highest BCUT2D eigenvalue weighted by Crippen LogP contribution is 2.27. The summed E-state index contributed by atoms with van der Waals surface area (Å²) in [5.74, 6) is 1.35. The number of hydrogen-bond donors (Lipinski definition) is 0. The molecule has 0 unspecified atom stereocenters. The highest BCUT2D eigenvalue weighted by molar-refractivity contribution is 7.11. The molecule has 1 aliphatic rings. The van der Waals surface area contributed by atoms with Crippen molar-refractivity contribution in [3.05, 3.63) is 10.0 Å². The summed E-state index contributed by atoms with van der Waals surface area (Å²) in [6.45, 7) is 0. The van der Waals surface area contributed by atoms with Crippen LogP contribution in [0.2, 0.25) is 0 Å². The minimum absolute atomic E-state index is 0.502. The molecule has 14 heavy (non-hydrogen) atoms. The largest absolute Gasteiger partial charge is 0.144 e. The molecule has 0 aliphatic heterocycles. The van der Waals surface area contributed by atoms with E-state index < -0.39 is 0 Å². The van der Waals surface area contributed by atoms with E-state index in [2.05, 4.69) is 10.2 Å². The van der Waals surface area contributed by atoms with Crippen LogP contribution in [0.3, 0.4) is 0 Å². The first kappa shape index (κ1) is 10.4. The first-order valence-electron chi connectivity index (χ1n) is 5.25. The smallest absolute Gasteiger partial charge is 0.132 e. The van der Waals surface area contributed by atoms with E-state index >= 15 is 0 Å². The van der Waals surface area contributed by atoms with Gasteiger partial charge in [-0.2, -0.15) is 0 Å². The summed E-state index contributed by atoms with van der Waals surface area (Å²) < 4.78 is 0. The van der Waals surface area contributed by atoms with Gasteiger partial charge in [0.2, 0.25) is 0 Å². The van der Waals surface area contributed by atoms with Crippen LogP contribution in [0.4, 0.5) is 0 Å². The maximum absolute atomic E-state index is 5.69. The van der Waals surface area contributed by atoms with Gasteiger partial charge in [-0.3, -0.25) is 0 Å². The third kappa shape index (κ3) is 2.67. The monoisotopic (exact) mass is 230 g/mol. The van der Waals surface area contributed by atoms with Crippen molar-refractivity contribution in [1.82, 2.24) is 10.2 Å². The van der Waals surface area contributed by atoms with Crippen LogP contribution < -0.4 is 0 Å². The van der Waals surface area contributed by atoms with Crippen molar-refractivity contribution in [2.75, 3.05) is 0 Å². The van der Waals surface area contributed by atoms with Crippen molar-refractivity contribution >= 4 is 22.9 Å². The van der Waals surface area contributed by atoms with Crippen LogP contribution in [-0.4, -0.2) is 10.2 Å². The summed E-state index contributed by atoms with van der Waals surface area (Å²) >= 11 is 7.36. The van der Waals surface area contributed by atoms with E-state index in [9.17, 15) is 0 Å². The molecule has 0 bridgehead atoms. The van der Waals surface area contributed by atoms with E-state index in [4.69, 9.17) is 11.6 Å². The molecule has 2 nitrogen and oxygen atoms in total. The van der Waals surface area contributed by atoms with Crippen LogP contribution >= 0.6 is 22.9 Å². The number of nitrogens with zero attached hydrogens (tertiary/aromatic N) is 2. The fourth-order valence-corrected chi connectivity index (χ4v) is 3.09. The van der Waals surface area contributed by atoms with E-state index in [1.807, 2.05) is 0 Å². The SMILES string of the molecule is ClCc1nnc(CC2CCCCC2)s1. The van der Waals surface area contributed by atoms with Gasteiger partial charge in [0.25, 0.3) is 0 Å². The first-order chi connectivity index (χ1) is 6.88. The second kappa shape index (κ2) is 5.08. The molecular weight excluding hydrogens is 216 g/mol. The quantitative estimate of drug-likeness (QED) is 0.744. The van der Waals surface area contributed by atoms with E-state index in [0.29, 0.717) is 5.88 Å². The Labute approximate surface area is 93.7 Å². The summed E-state index contributed by atoms with van der Waals surface area (Å²) in [5, 5.41) is 10.3. The molecule has 0 N–H and O–H groups in total. The maximum atomic E-state index is 5.69. The minimum atomic E-state index is 0.502. The van der Waals surface area contributed by atoms with Gasteiger partial charge in [-0.25, -0.2) is 0 Å². The number of hydrogen-bond acceptors (Lipinski definition) is 3. The molecule has 1 heterocycles. The molecule has 1 aromatic heterocycles. The van der Waals surface area contributed by atoms with Crippen LogP contribution in [-0.2, 0) is 12.3 Å². The number of halogens is 1. The van der Waals surface area contributed by atoms with Crippen LogP contribution in [0.15, 0.2) is 0 Å². The molecule has 1 aliphatic carbocycles. The van der Waals surface area contributed by atoms with Crippen molar-refractivity contribution in [1.29, 1.82) is 0 Å². The van der Waals surface area contributed by atoms with Crippen LogP contribution in [0.25, 0.3) is 0 Å². The Hall–Kier alpha value is -0.150. The molecule has 1 saturated carbocycles. The molecule has 0 amide bonds. The van der Waals surface area contributed by atoms with Gasteiger partial charge >= 0.3 is 0 Å². The Kier molecular flexibility index (Phi) is 3.76. The lowest BCUT2D eigenvalue weighted by molar-refractivity contribution is 0.356. The van der Waals surface area contributed by atoms with Crippen molar-refractivity contribution in [2.24, 2.45) is 5.92 Å². The molecular formula is C10H15ClN2S. The Morgan fingerprint density at radius 3 is 2.50 bits per heavy atom. The lowest BCUT2D eigenvalue weighted by atomic mass is 9.87. The summed E-state index contributed by atoms with van der Waals surface area (Å²) in [6, 6.07) is 0. The van der Waals surface area contributed by atoms with E-state index in [1.165, 1.54) is 37.1 Å². The summed E-state index contributed by atoms with van der Waals surface area (Å²) in [4.78, 5) is 0. The third-order valence-corrected chi connectivity index (χ3v) is 4.17. The predicted molar refractivity (Wildman–Crippen MR) is 59.7 cm³/mol. The van der Waals surface area contributed by atoms with Crippen LogP contribution in [0.5, 0.6) is 0 Å². The standard InChI is InChI=1S/C10H15ClN2S/c11-7-10-13-12-9(14-10)6-8-4-2-1-3-5-8/h8H,1-7H2. The number of alkyl halides is 1. The Bertz CT molecular complexity index is 281. The lowest BCUT2D eigenvalue weighted by Crippen LogP contribution is -2.08. The van der Waals surface area contributed by atoms with Crippen LogP contribution in [0.1, 0.15) is 42.1 Å². The molecule has 0 atom stereocenters. The molecule has 0 aromatic carbocycles. The van der Waals surface area contributed by atoms with Gasteiger partial charge < -0.3 is 0 Å². The van der Waals surface area contributed by atoms with Gasteiger partial charge in [-0.05, 0) is 5.92 Å². The molecule has 0 radical (unpaired) electrons. The van der Waals surface area contributed by atoms with E-state index in [-0.39, 0.29) is 0 Å². The average molecular weight is 231 g/mol. The third-order valence-electron chi connectivity index (χ3n) is 2.81. The average Bonchev–Trinajstić information content (AvgIpc) is 2.67. The topological polar surface area (TPSA) is 25.8 Å². The zero-order valence-electron chi connectivity index (χ0n) is 8.21. The van der Waals surface area contributed by atoms with Gasteiger partial charge in [0.15, 0.2) is 0 Å². The second-order valence-electron chi connectivity index (χ2n) is 3.93. The highest BCUT2D eigenvalue weighted by atomic mass is 35.5. The Morgan fingerprint density at radius 1 is 1.14 bits per heavy atom. The van der Waals surface area contributed by atoms with Crippen molar-refractivity contribution in [3.8, 4) is 0 Å². The summed E-state index contributed by atoms with van der Waals surface area (Å²) in [7, 11) is 0. The maximum Gasteiger partial charge on any atom is 0.132 e. The van der Waals surface area contributed by atoms with Gasteiger partial charge in [-0.1, -0.05) is 32.1 Å². The Morgan fingerprint density at radius 2 is 1.86 bits per heavy atom. The molecule has 0 spiro atoms. The fourth-order valence-electron chi connectivity index (χ4n) is 2.06. The number of aromatic nitrogens is 2. The minimum Gasteiger partial charge on any atom is -0.144 e. The van der Waals surface area contributed by atoms with Gasteiger partial charge in [-0.15, -0.1) is 33.1 Å². The second-order valence-corrected chi connectivity index (χ2v) is 5.35. The molecule has 1 aromatic rings. The van der Waals surface area contributed by atoms with Crippen LogP contribution in [0, 0.1) is 5.92 Å². The molecule has 1 fully saturated rings. The van der Waals surface area contributed by atoms with Crippen molar-refractivity contribution in [2.45, 2.75) is 44.4 Å². The molecule has 0 saturated heterocycles. The zero-order valence-corrected chi connectivity index (χ0v) is 9.78. The summed E-state index contributed by atoms with van der Waals surface area (Å²) in [6.07, 6.45) is 8.07. The van der Waals surface area contributed by atoms with E-state index in [1.54, 1.807) is 11.3 Å². The van der Waals surface area contributed by atoms with Gasteiger partial charge in [0, 0.05) is 6.42 Å². The molecule has 2 rings (SSSR count). The normalized spacial score (nSPS) is 18.6. The van der Waals surface area contributed by atoms with Gasteiger partial charge in [0.1, 0.15) is 10.0 Å². The fraction of sp³-hybridized carbons (Fsp3) is 0.800.